The molecule has 1 aromatic heterocycles. The van der Waals surface area contributed by atoms with Crippen LogP contribution in [-0.4, -0.2) is 50.1 Å². The first-order valence-electron chi connectivity index (χ1n) is 5.92. The predicted molar refractivity (Wildman–Crippen MR) is 77.4 cm³/mol. The van der Waals surface area contributed by atoms with Gasteiger partial charge in [0.15, 0.2) is 0 Å². The quantitative estimate of drug-likeness (QED) is 0.798. The monoisotopic (exact) mass is 383 g/mol. The SMILES string of the molecule is COC(=O)c1cc(S(=O)(=O)N2CCC[C@H](O)C2)c(Br)s1. The molecular formula is C11H14BrNO5S2. The Balaban J connectivity index is 2.34. The van der Waals surface area contributed by atoms with Gasteiger partial charge in [0.05, 0.1) is 17.0 Å². The number of carbonyl (C=O) groups is 1. The number of halogens is 1. The highest BCUT2D eigenvalue weighted by Crippen LogP contribution is 2.34. The number of ether oxygens (including phenoxy) is 1. The van der Waals surface area contributed by atoms with Gasteiger partial charge >= 0.3 is 5.97 Å². The number of aliphatic hydroxyl groups excluding tert-OH is 1. The van der Waals surface area contributed by atoms with Crippen LogP contribution in [0.1, 0.15) is 22.5 Å². The summed E-state index contributed by atoms with van der Waals surface area (Å²) < 4.78 is 31.2. The first kappa shape index (κ1) is 15.9. The predicted octanol–water partition coefficient (Wildman–Crippen LogP) is 1.44. The van der Waals surface area contributed by atoms with Crippen molar-refractivity contribution in [1.29, 1.82) is 0 Å². The Hall–Kier alpha value is -0.480. The van der Waals surface area contributed by atoms with Gasteiger partial charge in [-0.25, -0.2) is 13.2 Å². The van der Waals surface area contributed by atoms with Crippen molar-refractivity contribution in [3.63, 3.8) is 0 Å². The first-order chi connectivity index (χ1) is 9.36. The highest BCUT2D eigenvalue weighted by atomic mass is 79.9. The van der Waals surface area contributed by atoms with Crippen molar-refractivity contribution in [2.45, 2.75) is 23.8 Å². The zero-order valence-electron chi connectivity index (χ0n) is 10.7. The van der Waals surface area contributed by atoms with Crippen molar-refractivity contribution in [1.82, 2.24) is 4.31 Å². The number of hydrogen-bond acceptors (Lipinski definition) is 6. The van der Waals surface area contributed by atoms with E-state index in [1.807, 2.05) is 0 Å². The standard InChI is InChI=1S/C11H14BrNO5S2/c1-18-11(15)8-5-9(10(12)19-8)20(16,17)13-4-2-3-7(14)6-13/h5,7,14H,2-4,6H2,1H3/t7-/m0/s1. The molecule has 1 saturated heterocycles. The molecule has 0 aliphatic carbocycles. The van der Waals surface area contributed by atoms with E-state index in [0.29, 0.717) is 23.2 Å². The Kier molecular flexibility index (Phi) is 4.85. The van der Waals surface area contributed by atoms with Gasteiger partial charge in [0.2, 0.25) is 10.0 Å². The van der Waals surface area contributed by atoms with Gasteiger partial charge in [-0.1, -0.05) is 0 Å². The van der Waals surface area contributed by atoms with Crippen LogP contribution in [0.3, 0.4) is 0 Å². The van der Waals surface area contributed by atoms with Crippen molar-refractivity contribution in [3.05, 3.63) is 14.7 Å². The number of β-amino-alcohol motifs (C(OH)–C–C–N with tert-alkyl or cyclic N) is 1. The van der Waals surface area contributed by atoms with Gasteiger partial charge in [-0.3, -0.25) is 0 Å². The van der Waals surface area contributed by atoms with Crippen molar-refractivity contribution in [3.8, 4) is 0 Å². The van der Waals surface area contributed by atoms with Gasteiger partial charge in [0, 0.05) is 13.1 Å². The largest absolute Gasteiger partial charge is 0.465 e. The van der Waals surface area contributed by atoms with Gasteiger partial charge in [-0.2, -0.15) is 4.31 Å². The van der Waals surface area contributed by atoms with Crippen molar-refractivity contribution >= 4 is 43.3 Å². The highest BCUT2D eigenvalue weighted by Gasteiger charge is 2.32. The second-order valence-corrected chi connectivity index (χ2v) is 8.68. The van der Waals surface area contributed by atoms with Crippen LogP contribution in [0.4, 0.5) is 0 Å². The summed E-state index contributed by atoms with van der Waals surface area (Å²) in [5, 5.41) is 9.60. The average Bonchev–Trinajstić information content (AvgIpc) is 2.80. The fourth-order valence-corrected chi connectivity index (χ4v) is 5.96. The van der Waals surface area contributed by atoms with Gasteiger partial charge in [-0.15, -0.1) is 11.3 Å². The molecule has 0 radical (unpaired) electrons. The van der Waals surface area contributed by atoms with E-state index >= 15 is 0 Å². The number of rotatable bonds is 3. The third-order valence-corrected chi connectivity index (χ3v) is 7.12. The van der Waals surface area contributed by atoms with Gasteiger partial charge < -0.3 is 9.84 Å². The first-order valence-corrected chi connectivity index (χ1v) is 8.97. The maximum absolute atomic E-state index is 12.5. The molecule has 112 valence electrons. The Morgan fingerprint density at radius 1 is 1.60 bits per heavy atom. The van der Waals surface area contributed by atoms with Gasteiger partial charge in [0.1, 0.15) is 9.77 Å². The lowest BCUT2D eigenvalue weighted by Gasteiger charge is -2.28. The molecule has 1 aliphatic rings. The summed E-state index contributed by atoms with van der Waals surface area (Å²) in [5.41, 5.74) is 0. The van der Waals surface area contributed by atoms with Crippen LogP contribution in [0.5, 0.6) is 0 Å². The molecule has 0 spiro atoms. The lowest BCUT2D eigenvalue weighted by Crippen LogP contribution is -2.42. The number of piperidine rings is 1. The van der Waals surface area contributed by atoms with E-state index in [1.54, 1.807) is 0 Å². The van der Waals surface area contributed by atoms with E-state index in [4.69, 9.17) is 0 Å². The van der Waals surface area contributed by atoms with E-state index in [1.165, 1.54) is 17.5 Å². The molecule has 2 heterocycles. The second-order valence-electron chi connectivity index (χ2n) is 4.40. The molecule has 1 aromatic rings. The van der Waals surface area contributed by atoms with E-state index < -0.39 is 22.1 Å². The summed E-state index contributed by atoms with van der Waals surface area (Å²) in [5.74, 6) is -0.573. The molecule has 0 saturated carbocycles. The van der Waals surface area contributed by atoms with Crippen LogP contribution < -0.4 is 0 Å². The zero-order valence-corrected chi connectivity index (χ0v) is 13.9. The van der Waals surface area contributed by atoms with Crippen LogP contribution >= 0.6 is 27.3 Å². The van der Waals surface area contributed by atoms with E-state index in [9.17, 15) is 18.3 Å². The number of carbonyl (C=O) groups excluding carboxylic acids is 1. The van der Waals surface area contributed by atoms with Crippen LogP contribution in [0.2, 0.25) is 0 Å². The molecular weight excluding hydrogens is 370 g/mol. The Morgan fingerprint density at radius 2 is 2.30 bits per heavy atom. The summed E-state index contributed by atoms with van der Waals surface area (Å²) >= 11 is 4.19. The molecule has 1 aliphatic heterocycles. The average molecular weight is 384 g/mol. The molecule has 1 N–H and O–H groups in total. The molecule has 6 nitrogen and oxygen atoms in total. The fourth-order valence-electron chi connectivity index (χ4n) is 2.01. The summed E-state index contributed by atoms with van der Waals surface area (Å²) in [6.07, 6.45) is 0.576. The van der Waals surface area contributed by atoms with Crippen molar-refractivity contribution < 1.29 is 23.1 Å². The lowest BCUT2D eigenvalue weighted by molar-refractivity contribution is 0.0606. The molecule has 0 aromatic carbocycles. The Morgan fingerprint density at radius 3 is 2.90 bits per heavy atom. The number of nitrogens with zero attached hydrogens (tertiary/aromatic N) is 1. The Labute approximate surface area is 129 Å². The number of sulfonamides is 1. The summed E-state index contributed by atoms with van der Waals surface area (Å²) in [7, 11) is -2.48. The number of methoxy groups -OCH3 is 1. The second kappa shape index (κ2) is 6.10. The van der Waals surface area contributed by atoms with E-state index in [2.05, 4.69) is 20.7 Å². The van der Waals surface area contributed by atoms with Crippen molar-refractivity contribution in [2.24, 2.45) is 0 Å². The van der Waals surface area contributed by atoms with Gasteiger partial charge in [-0.05, 0) is 34.8 Å². The minimum absolute atomic E-state index is 0.0389. The number of thiophene rings is 1. The normalized spacial score (nSPS) is 20.9. The molecule has 0 bridgehead atoms. The Bertz CT molecular complexity index is 612. The summed E-state index contributed by atoms with van der Waals surface area (Å²) in [4.78, 5) is 11.7. The van der Waals surface area contributed by atoms with Crippen LogP contribution in [0, 0.1) is 0 Å². The number of esters is 1. The molecule has 2 rings (SSSR count). The number of hydrogen-bond donors (Lipinski definition) is 1. The maximum Gasteiger partial charge on any atom is 0.348 e. The minimum Gasteiger partial charge on any atom is -0.465 e. The topological polar surface area (TPSA) is 83.9 Å². The lowest BCUT2D eigenvalue weighted by atomic mass is 10.1. The fraction of sp³-hybridized carbons (Fsp3) is 0.545. The summed E-state index contributed by atoms with van der Waals surface area (Å²) in [6, 6.07) is 1.30. The molecule has 0 amide bonds. The van der Waals surface area contributed by atoms with Gasteiger partial charge in [0.25, 0.3) is 0 Å². The highest BCUT2D eigenvalue weighted by molar-refractivity contribution is 9.11. The minimum atomic E-state index is -3.72. The van der Waals surface area contributed by atoms with Crippen LogP contribution in [0.25, 0.3) is 0 Å². The van der Waals surface area contributed by atoms with Crippen LogP contribution in [-0.2, 0) is 14.8 Å². The molecule has 9 heteroatoms. The maximum atomic E-state index is 12.5. The van der Waals surface area contributed by atoms with E-state index in [-0.39, 0.29) is 16.3 Å². The third-order valence-electron chi connectivity index (χ3n) is 3.02. The zero-order chi connectivity index (χ0) is 14.9. The molecule has 0 unspecified atom stereocenters. The van der Waals surface area contributed by atoms with Crippen LogP contribution in [0.15, 0.2) is 14.7 Å². The third kappa shape index (κ3) is 3.06. The smallest absolute Gasteiger partial charge is 0.348 e. The molecule has 1 fully saturated rings. The van der Waals surface area contributed by atoms with Crippen molar-refractivity contribution in [2.75, 3.05) is 20.2 Å². The number of aliphatic hydroxyl groups is 1. The summed E-state index contributed by atoms with van der Waals surface area (Å²) in [6.45, 7) is 0.452. The molecule has 20 heavy (non-hydrogen) atoms. The van der Waals surface area contributed by atoms with E-state index in [0.717, 1.165) is 11.3 Å². The molecule has 1 atom stereocenters.